The minimum atomic E-state index is -0.128. The lowest BCUT2D eigenvalue weighted by molar-refractivity contribution is -0.115. The maximum absolute atomic E-state index is 12.5. The van der Waals surface area contributed by atoms with Gasteiger partial charge in [-0.15, -0.1) is 12.4 Å². The first-order valence-electron chi connectivity index (χ1n) is 8.46. The zero-order chi connectivity index (χ0) is 17.4. The second-order valence-corrected chi connectivity index (χ2v) is 6.35. The number of rotatable bonds is 7. The molecular formula is C18H28ClN3O3. The zero-order valence-electron chi connectivity index (χ0n) is 14.9. The normalized spacial score (nSPS) is 15.8. The Morgan fingerprint density at radius 2 is 2.00 bits per heavy atom. The van der Waals surface area contributed by atoms with Crippen LogP contribution in [-0.4, -0.2) is 45.2 Å². The Morgan fingerprint density at radius 1 is 1.28 bits per heavy atom. The van der Waals surface area contributed by atoms with E-state index >= 15 is 0 Å². The average Bonchev–Trinajstić information content (AvgIpc) is 2.61. The van der Waals surface area contributed by atoms with Crippen molar-refractivity contribution in [2.75, 3.05) is 38.7 Å². The van der Waals surface area contributed by atoms with Crippen molar-refractivity contribution in [3.63, 3.8) is 0 Å². The maximum Gasteiger partial charge on any atom is 0.251 e. The highest BCUT2D eigenvalue weighted by Gasteiger charge is 2.32. The molecule has 140 valence electrons. The third-order valence-electron chi connectivity index (χ3n) is 4.47. The first-order valence-corrected chi connectivity index (χ1v) is 8.46. The second kappa shape index (κ2) is 10.4. The Morgan fingerprint density at radius 3 is 2.64 bits per heavy atom. The van der Waals surface area contributed by atoms with Gasteiger partial charge in [0.05, 0.1) is 6.61 Å². The molecule has 1 aromatic rings. The average molecular weight is 370 g/mol. The van der Waals surface area contributed by atoms with Gasteiger partial charge in [-0.1, -0.05) is 13.0 Å². The number of benzene rings is 1. The minimum Gasteiger partial charge on any atom is -0.384 e. The number of nitrogens with one attached hydrogen (secondary N) is 3. The zero-order valence-corrected chi connectivity index (χ0v) is 15.7. The Kier molecular flexibility index (Phi) is 8.89. The van der Waals surface area contributed by atoms with E-state index in [0.717, 1.165) is 25.9 Å². The summed E-state index contributed by atoms with van der Waals surface area (Å²) in [6.07, 6.45) is 2.37. The summed E-state index contributed by atoms with van der Waals surface area (Å²) in [6.45, 7) is 4.91. The van der Waals surface area contributed by atoms with Crippen LogP contribution in [0.3, 0.4) is 0 Å². The lowest BCUT2D eigenvalue weighted by Crippen LogP contribution is -2.47. The molecule has 0 saturated carbocycles. The van der Waals surface area contributed by atoms with Gasteiger partial charge in [0.2, 0.25) is 5.91 Å². The van der Waals surface area contributed by atoms with Crippen molar-refractivity contribution >= 4 is 29.9 Å². The van der Waals surface area contributed by atoms with E-state index in [1.807, 2.05) is 0 Å². The molecule has 25 heavy (non-hydrogen) atoms. The lowest BCUT2D eigenvalue weighted by atomic mass is 9.79. The van der Waals surface area contributed by atoms with Gasteiger partial charge in [-0.2, -0.15) is 0 Å². The van der Waals surface area contributed by atoms with Crippen LogP contribution in [0.1, 0.15) is 36.5 Å². The van der Waals surface area contributed by atoms with Gasteiger partial charge in [-0.3, -0.25) is 9.59 Å². The molecule has 1 heterocycles. The van der Waals surface area contributed by atoms with Crippen LogP contribution < -0.4 is 16.0 Å². The first kappa shape index (κ1) is 21.4. The molecule has 1 aromatic carbocycles. The van der Waals surface area contributed by atoms with E-state index in [4.69, 9.17) is 4.74 Å². The predicted molar refractivity (Wildman–Crippen MR) is 101 cm³/mol. The molecule has 0 aromatic heterocycles. The highest BCUT2D eigenvalue weighted by Crippen LogP contribution is 2.28. The predicted octanol–water partition coefficient (Wildman–Crippen LogP) is 2.20. The summed E-state index contributed by atoms with van der Waals surface area (Å²) in [4.78, 5) is 23.9. The molecule has 1 aliphatic heterocycles. The largest absolute Gasteiger partial charge is 0.384 e. The van der Waals surface area contributed by atoms with Crippen LogP contribution in [0.5, 0.6) is 0 Å². The van der Waals surface area contributed by atoms with Crippen molar-refractivity contribution in [1.29, 1.82) is 0 Å². The number of carbonyl (C=O) groups is 2. The fraction of sp³-hybridized carbons (Fsp3) is 0.556. The molecule has 2 amide bonds. The Hall–Kier alpha value is -1.63. The van der Waals surface area contributed by atoms with Gasteiger partial charge in [0.25, 0.3) is 5.91 Å². The molecule has 1 fully saturated rings. The van der Waals surface area contributed by atoms with E-state index in [-0.39, 0.29) is 29.6 Å². The molecule has 0 unspecified atom stereocenters. The number of hydrogen-bond acceptors (Lipinski definition) is 4. The summed E-state index contributed by atoms with van der Waals surface area (Å²) in [5.74, 6) is -0.196. The van der Waals surface area contributed by atoms with Crippen molar-refractivity contribution in [3.05, 3.63) is 29.8 Å². The quantitative estimate of drug-likeness (QED) is 0.688. The number of halogens is 1. The fourth-order valence-electron chi connectivity index (χ4n) is 2.99. The molecule has 0 bridgehead atoms. The highest BCUT2D eigenvalue weighted by molar-refractivity contribution is 5.97. The Labute approximate surface area is 155 Å². The van der Waals surface area contributed by atoms with Crippen molar-refractivity contribution in [2.24, 2.45) is 5.41 Å². The molecule has 1 aliphatic rings. The number of carbonyl (C=O) groups excluding carboxylic acids is 2. The van der Waals surface area contributed by atoms with Crippen LogP contribution in [-0.2, 0) is 9.53 Å². The summed E-state index contributed by atoms with van der Waals surface area (Å²) in [7, 11) is 1.70. The third-order valence-corrected chi connectivity index (χ3v) is 4.47. The molecule has 2 rings (SSSR count). The van der Waals surface area contributed by atoms with Gasteiger partial charge in [0, 0.05) is 36.7 Å². The third kappa shape index (κ3) is 6.30. The maximum atomic E-state index is 12.5. The van der Waals surface area contributed by atoms with E-state index in [9.17, 15) is 9.59 Å². The Bertz CT molecular complexity index is 569. The van der Waals surface area contributed by atoms with E-state index < -0.39 is 0 Å². The topological polar surface area (TPSA) is 79.5 Å². The van der Waals surface area contributed by atoms with E-state index in [1.165, 1.54) is 0 Å². The van der Waals surface area contributed by atoms with E-state index in [1.54, 1.807) is 38.3 Å². The van der Waals surface area contributed by atoms with Gasteiger partial charge >= 0.3 is 0 Å². The molecular weight excluding hydrogens is 342 g/mol. The molecule has 0 atom stereocenters. The van der Waals surface area contributed by atoms with Gasteiger partial charge in [-0.25, -0.2) is 0 Å². The van der Waals surface area contributed by atoms with Gasteiger partial charge in [-0.05, 0) is 44.1 Å². The fourth-order valence-corrected chi connectivity index (χ4v) is 2.99. The van der Waals surface area contributed by atoms with Crippen molar-refractivity contribution in [3.8, 4) is 0 Å². The van der Waals surface area contributed by atoms with Gasteiger partial charge < -0.3 is 20.7 Å². The molecule has 0 spiro atoms. The number of methoxy groups -OCH3 is 1. The minimum absolute atomic E-state index is 0. The number of ether oxygens (including phenoxy) is 1. The smallest absolute Gasteiger partial charge is 0.251 e. The van der Waals surface area contributed by atoms with Crippen molar-refractivity contribution < 1.29 is 14.3 Å². The summed E-state index contributed by atoms with van der Waals surface area (Å²) in [6, 6.07) is 7.01. The van der Waals surface area contributed by atoms with Crippen LogP contribution in [0.25, 0.3) is 0 Å². The summed E-state index contributed by atoms with van der Waals surface area (Å²) in [5.41, 5.74) is 1.18. The van der Waals surface area contributed by atoms with Gasteiger partial charge in [0.15, 0.2) is 0 Å². The highest BCUT2D eigenvalue weighted by atomic mass is 35.5. The first-order chi connectivity index (χ1) is 11.6. The summed E-state index contributed by atoms with van der Waals surface area (Å²) in [5, 5.41) is 9.14. The van der Waals surface area contributed by atoms with Crippen LogP contribution in [0.4, 0.5) is 5.69 Å². The monoisotopic (exact) mass is 369 g/mol. The molecule has 0 aliphatic carbocycles. The summed E-state index contributed by atoms with van der Waals surface area (Å²) < 4.78 is 5.37. The van der Waals surface area contributed by atoms with Gasteiger partial charge in [0.1, 0.15) is 0 Å². The van der Waals surface area contributed by atoms with Crippen molar-refractivity contribution in [2.45, 2.75) is 26.2 Å². The van der Waals surface area contributed by atoms with E-state index in [0.29, 0.717) is 30.8 Å². The molecule has 7 heteroatoms. The number of hydrogen-bond donors (Lipinski definition) is 3. The molecule has 1 saturated heterocycles. The number of piperidine rings is 1. The number of amides is 2. The van der Waals surface area contributed by atoms with Crippen molar-refractivity contribution in [1.82, 2.24) is 10.6 Å². The second-order valence-electron chi connectivity index (χ2n) is 6.35. The SMILES string of the molecule is CCC(=O)Nc1cccc(C(=O)NCC2(COC)CCNCC2)c1.Cl. The van der Waals surface area contributed by atoms with E-state index in [2.05, 4.69) is 16.0 Å². The standard InChI is InChI=1S/C18H27N3O3.ClH/c1-3-16(22)21-15-6-4-5-14(11-15)17(23)20-12-18(13-24-2)7-9-19-10-8-18;/h4-6,11,19H,3,7-10,12-13H2,1-2H3,(H,20,23)(H,21,22);1H. The lowest BCUT2D eigenvalue weighted by Gasteiger charge is -2.37. The van der Waals surface area contributed by atoms with Crippen LogP contribution in [0, 0.1) is 5.41 Å². The van der Waals surface area contributed by atoms with Crippen LogP contribution in [0.2, 0.25) is 0 Å². The molecule has 3 N–H and O–H groups in total. The summed E-state index contributed by atoms with van der Waals surface area (Å²) >= 11 is 0. The van der Waals surface area contributed by atoms with Crippen LogP contribution >= 0.6 is 12.4 Å². The van der Waals surface area contributed by atoms with Crippen LogP contribution in [0.15, 0.2) is 24.3 Å². The molecule has 0 radical (unpaired) electrons. The molecule has 6 nitrogen and oxygen atoms in total. The Balaban J connectivity index is 0.00000312. The number of anilines is 1.